The van der Waals surface area contributed by atoms with Crippen molar-refractivity contribution in [3.05, 3.63) is 20.8 Å². The Morgan fingerprint density at radius 3 is 2.70 bits per heavy atom. The molecule has 0 fully saturated rings. The summed E-state index contributed by atoms with van der Waals surface area (Å²) in [5.74, 6) is 0. The van der Waals surface area contributed by atoms with E-state index >= 15 is 0 Å². The molecule has 56 valence electrons. The summed E-state index contributed by atoms with van der Waals surface area (Å²) < 4.78 is 1.21. The molecule has 0 saturated carbocycles. The highest BCUT2D eigenvalue weighted by Crippen LogP contribution is 2.33. The highest BCUT2D eigenvalue weighted by atomic mass is 79.9. The monoisotopic (exact) mass is 282 g/mol. The van der Waals surface area contributed by atoms with E-state index in [2.05, 4.69) is 50.9 Å². The lowest BCUT2D eigenvalue weighted by atomic mass is 10.3. The largest absolute Gasteiger partial charge is 0.132 e. The van der Waals surface area contributed by atoms with Gasteiger partial charge in [0.2, 0.25) is 0 Å². The first-order valence-electron chi connectivity index (χ1n) is 3.13. The lowest BCUT2D eigenvalue weighted by Gasteiger charge is -2.00. The maximum Gasteiger partial charge on any atom is 0.0701 e. The average Bonchev–Trinajstić information content (AvgIpc) is 2.34. The zero-order valence-corrected chi connectivity index (χ0v) is 9.59. The number of halogens is 2. The second-order valence-electron chi connectivity index (χ2n) is 2.02. The average molecular weight is 284 g/mol. The molecule has 0 bridgehead atoms. The third kappa shape index (κ3) is 2.07. The fourth-order valence-electron chi connectivity index (χ4n) is 0.698. The van der Waals surface area contributed by atoms with E-state index in [9.17, 15) is 0 Å². The van der Waals surface area contributed by atoms with E-state index in [1.165, 1.54) is 8.66 Å². The number of hydrogen-bond acceptors (Lipinski definition) is 1. The number of alkyl halides is 1. The first-order valence-corrected chi connectivity index (χ1v) is 5.66. The van der Waals surface area contributed by atoms with Crippen molar-refractivity contribution in [3.63, 3.8) is 0 Å². The summed E-state index contributed by atoms with van der Waals surface area (Å²) in [5, 5.41) is 0. The summed E-state index contributed by atoms with van der Waals surface area (Å²) in [5.41, 5.74) is 0. The fraction of sp³-hybridized carbons (Fsp3) is 0.429. The minimum Gasteiger partial charge on any atom is -0.132 e. The molecule has 0 aromatic carbocycles. The maximum absolute atomic E-state index is 3.59. The Balaban J connectivity index is 2.74. The normalized spacial score (nSPS) is 13.5. The number of thiophene rings is 1. The first kappa shape index (κ1) is 8.75. The number of hydrogen-bond donors (Lipinski definition) is 0. The molecule has 1 unspecified atom stereocenters. The van der Waals surface area contributed by atoms with Crippen LogP contribution in [0.2, 0.25) is 0 Å². The van der Waals surface area contributed by atoms with Crippen LogP contribution in [0.15, 0.2) is 15.9 Å². The summed E-state index contributed by atoms with van der Waals surface area (Å²) in [6, 6.07) is 4.24. The smallest absolute Gasteiger partial charge is 0.0701 e. The van der Waals surface area contributed by atoms with Crippen LogP contribution in [-0.2, 0) is 0 Å². The van der Waals surface area contributed by atoms with E-state index < -0.39 is 0 Å². The van der Waals surface area contributed by atoms with Crippen LogP contribution >= 0.6 is 43.2 Å². The molecule has 10 heavy (non-hydrogen) atoms. The van der Waals surface area contributed by atoms with E-state index in [1.54, 1.807) is 11.3 Å². The van der Waals surface area contributed by atoms with E-state index in [4.69, 9.17) is 0 Å². The van der Waals surface area contributed by atoms with E-state index in [-0.39, 0.29) is 0 Å². The van der Waals surface area contributed by atoms with Crippen LogP contribution in [0.5, 0.6) is 0 Å². The van der Waals surface area contributed by atoms with Crippen molar-refractivity contribution in [2.24, 2.45) is 0 Å². The van der Waals surface area contributed by atoms with Gasteiger partial charge in [0.05, 0.1) is 3.79 Å². The molecule has 0 spiro atoms. The SMILES string of the molecule is CCC(Br)c1ccc(Br)s1. The Labute approximate surface area is 81.9 Å². The quantitative estimate of drug-likeness (QED) is 0.708. The van der Waals surface area contributed by atoms with Crippen LogP contribution in [0.1, 0.15) is 23.0 Å². The molecule has 0 radical (unpaired) electrons. The van der Waals surface area contributed by atoms with Crippen molar-refractivity contribution in [2.75, 3.05) is 0 Å². The summed E-state index contributed by atoms with van der Waals surface area (Å²) in [6.45, 7) is 2.17. The lowest BCUT2D eigenvalue weighted by molar-refractivity contribution is 0.929. The molecule has 0 aliphatic heterocycles. The van der Waals surface area contributed by atoms with Crippen LogP contribution in [0.25, 0.3) is 0 Å². The van der Waals surface area contributed by atoms with Crippen molar-refractivity contribution in [1.82, 2.24) is 0 Å². The molecule has 0 saturated heterocycles. The number of rotatable bonds is 2. The molecular weight excluding hydrogens is 276 g/mol. The zero-order valence-electron chi connectivity index (χ0n) is 5.60. The van der Waals surface area contributed by atoms with Gasteiger partial charge in [0.25, 0.3) is 0 Å². The van der Waals surface area contributed by atoms with Crippen molar-refractivity contribution >= 4 is 43.2 Å². The Kier molecular flexibility index (Phi) is 3.40. The molecule has 1 aromatic rings. The molecule has 0 aliphatic carbocycles. The Hall–Kier alpha value is 0.660. The Morgan fingerprint density at radius 1 is 1.60 bits per heavy atom. The molecule has 1 rings (SSSR count). The van der Waals surface area contributed by atoms with Crippen molar-refractivity contribution in [3.8, 4) is 0 Å². The van der Waals surface area contributed by atoms with Gasteiger partial charge >= 0.3 is 0 Å². The second kappa shape index (κ2) is 3.88. The summed E-state index contributed by atoms with van der Waals surface area (Å²) in [7, 11) is 0. The summed E-state index contributed by atoms with van der Waals surface area (Å²) in [4.78, 5) is 1.93. The van der Waals surface area contributed by atoms with Gasteiger partial charge in [-0.05, 0) is 34.5 Å². The predicted molar refractivity (Wildman–Crippen MR) is 54.0 cm³/mol. The van der Waals surface area contributed by atoms with Crippen LogP contribution in [-0.4, -0.2) is 0 Å². The standard InChI is InChI=1S/C7H8Br2S/c1-2-5(8)6-3-4-7(9)10-6/h3-5H,2H2,1H3. The van der Waals surface area contributed by atoms with Gasteiger partial charge in [-0.2, -0.15) is 0 Å². The van der Waals surface area contributed by atoms with Crippen molar-refractivity contribution < 1.29 is 0 Å². The molecular formula is C7H8Br2S. The van der Waals surface area contributed by atoms with Gasteiger partial charge in [-0.3, -0.25) is 0 Å². The highest BCUT2D eigenvalue weighted by Gasteiger charge is 2.05. The summed E-state index contributed by atoms with van der Waals surface area (Å²) >= 11 is 8.81. The molecule has 1 heterocycles. The molecule has 0 amide bonds. The maximum atomic E-state index is 3.59. The zero-order chi connectivity index (χ0) is 7.56. The first-order chi connectivity index (χ1) is 4.74. The van der Waals surface area contributed by atoms with E-state index in [0.717, 1.165) is 6.42 Å². The van der Waals surface area contributed by atoms with Crippen molar-refractivity contribution in [2.45, 2.75) is 18.2 Å². The van der Waals surface area contributed by atoms with Gasteiger partial charge in [0.15, 0.2) is 0 Å². The van der Waals surface area contributed by atoms with E-state index in [0.29, 0.717) is 4.83 Å². The Bertz CT molecular complexity index is 207. The van der Waals surface area contributed by atoms with Gasteiger partial charge in [0, 0.05) is 9.70 Å². The van der Waals surface area contributed by atoms with Gasteiger partial charge in [-0.25, -0.2) is 0 Å². The molecule has 3 heteroatoms. The van der Waals surface area contributed by atoms with Gasteiger partial charge < -0.3 is 0 Å². The summed E-state index contributed by atoms with van der Waals surface area (Å²) in [6.07, 6.45) is 1.15. The predicted octanol–water partition coefficient (Wildman–Crippen LogP) is 4.36. The molecule has 0 N–H and O–H groups in total. The Morgan fingerprint density at radius 2 is 2.30 bits per heavy atom. The third-order valence-electron chi connectivity index (χ3n) is 1.26. The van der Waals surface area contributed by atoms with Crippen LogP contribution < -0.4 is 0 Å². The van der Waals surface area contributed by atoms with Gasteiger partial charge in [0.1, 0.15) is 0 Å². The molecule has 0 aliphatic rings. The third-order valence-corrected chi connectivity index (χ3v) is 4.44. The van der Waals surface area contributed by atoms with Crippen molar-refractivity contribution in [1.29, 1.82) is 0 Å². The highest BCUT2D eigenvalue weighted by molar-refractivity contribution is 9.11. The topological polar surface area (TPSA) is 0 Å². The lowest BCUT2D eigenvalue weighted by Crippen LogP contribution is -1.79. The van der Waals surface area contributed by atoms with Gasteiger partial charge in [-0.15, -0.1) is 11.3 Å². The second-order valence-corrected chi connectivity index (χ2v) is 5.62. The van der Waals surface area contributed by atoms with Crippen LogP contribution in [0.4, 0.5) is 0 Å². The van der Waals surface area contributed by atoms with Crippen LogP contribution in [0, 0.1) is 0 Å². The van der Waals surface area contributed by atoms with Gasteiger partial charge in [-0.1, -0.05) is 22.9 Å². The van der Waals surface area contributed by atoms with Crippen LogP contribution in [0.3, 0.4) is 0 Å². The fourth-order valence-corrected chi connectivity index (χ4v) is 2.62. The minimum atomic E-state index is 0.531. The molecule has 1 atom stereocenters. The molecule has 0 nitrogen and oxygen atoms in total. The minimum absolute atomic E-state index is 0.531. The molecule has 1 aromatic heterocycles. The van der Waals surface area contributed by atoms with E-state index in [1.807, 2.05) is 0 Å².